The number of hydrogen-bond acceptors (Lipinski definition) is 3. The summed E-state index contributed by atoms with van der Waals surface area (Å²) in [6, 6.07) is 0. The molecule has 0 aromatic carbocycles. The summed E-state index contributed by atoms with van der Waals surface area (Å²) in [6.07, 6.45) is -8.74. The smallest absolute Gasteiger partial charge is 0.323 e. The summed E-state index contributed by atoms with van der Waals surface area (Å²) in [5.74, 6) is 0. The van der Waals surface area contributed by atoms with E-state index in [1.54, 1.807) is 0 Å². The molecular weight excluding hydrogens is 273 g/mol. The van der Waals surface area contributed by atoms with Crippen molar-refractivity contribution in [2.45, 2.75) is 30.7 Å². The second kappa shape index (κ2) is 7.07. The molecule has 0 fully saturated rings. The first kappa shape index (κ1) is 18.9. The van der Waals surface area contributed by atoms with Crippen LogP contribution in [0.1, 0.15) is 19.3 Å². The molecule has 17 heavy (non-hydrogen) atoms. The highest BCUT2D eigenvalue weighted by Gasteiger charge is 2.44. The molecule has 0 aliphatic heterocycles. The van der Waals surface area contributed by atoms with Crippen LogP contribution >= 0.6 is 0 Å². The van der Waals surface area contributed by atoms with E-state index in [0.717, 1.165) is 0 Å². The third-order valence-electron chi connectivity index (χ3n) is 1.31. The van der Waals surface area contributed by atoms with Crippen LogP contribution in [0.2, 0.25) is 0 Å². The molecule has 0 amide bonds. The van der Waals surface area contributed by atoms with Crippen LogP contribution in [0.25, 0.3) is 0 Å². The van der Waals surface area contributed by atoms with E-state index in [4.69, 9.17) is 4.55 Å². The Morgan fingerprint density at radius 3 is 1.65 bits per heavy atom. The predicted octanol–water partition coefficient (Wildman–Crippen LogP) is 2.04. The molecule has 0 rings (SSSR count). The lowest BCUT2D eigenvalue weighted by atomic mass is 10.2. The Balaban J connectivity index is 0. The second-order valence-electron chi connectivity index (χ2n) is 3.08. The summed E-state index contributed by atoms with van der Waals surface area (Å²) in [5.41, 5.74) is 0. The molecule has 2 N–H and O–H groups in total. The minimum Gasteiger partial charge on any atom is -0.323 e. The summed E-state index contributed by atoms with van der Waals surface area (Å²) in [7, 11) is -1.87. The average molecular weight is 287 g/mol. The van der Waals surface area contributed by atoms with Crippen molar-refractivity contribution in [3.05, 3.63) is 0 Å². The minimum atomic E-state index is -5.62. The Labute approximate surface area is 95.9 Å². The molecule has 0 aliphatic rings. The second-order valence-corrected chi connectivity index (χ2v) is 4.63. The lowest BCUT2D eigenvalue weighted by Crippen LogP contribution is -2.28. The average Bonchev–Trinajstić information content (AvgIpc) is 1.99. The van der Waals surface area contributed by atoms with Gasteiger partial charge in [0.2, 0.25) is 0 Å². The van der Waals surface area contributed by atoms with Gasteiger partial charge in [-0.1, -0.05) is 0 Å². The van der Waals surface area contributed by atoms with Crippen LogP contribution in [-0.4, -0.2) is 38.5 Å². The van der Waals surface area contributed by atoms with Crippen molar-refractivity contribution in [1.82, 2.24) is 5.32 Å². The molecular formula is C7H14F5NO3S. The highest BCUT2D eigenvalue weighted by molar-refractivity contribution is 7.86. The number of nitrogens with one attached hydrogen (secondary N) is 1. The van der Waals surface area contributed by atoms with Crippen molar-refractivity contribution in [3.8, 4) is 0 Å². The van der Waals surface area contributed by atoms with E-state index in [2.05, 4.69) is 5.32 Å². The van der Waals surface area contributed by atoms with Gasteiger partial charge in [0.25, 0.3) is 0 Å². The van der Waals surface area contributed by atoms with E-state index in [1.807, 2.05) is 14.1 Å². The largest absolute Gasteiger partial charge is 0.389 e. The molecule has 0 spiro atoms. The Kier molecular flexibility index (Phi) is 7.84. The topological polar surface area (TPSA) is 66.4 Å². The molecule has 0 saturated heterocycles. The molecule has 0 saturated carbocycles. The van der Waals surface area contributed by atoms with Gasteiger partial charge < -0.3 is 5.32 Å². The summed E-state index contributed by atoms with van der Waals surface area (Å²) >= 11 is 0. The fourth-order valence-electron chi connectivity index (χ4n) is 0.624. The summed E-state index contributed by atoms with van der Waals surface area (Å²) in [4.78, 5) is 0. The monoisotopic (exact) mass is 287 g/mol. The first-order valence-electron chi connectivity index (χ1n) is 4.37. The van der Waals surface area contributed by atoms with E-state index in [9.17, 15) is 30.4 Å². The van der Waals surface area contributed by atoms with Crippen molar-refractivity contribution < 1.29 is 34.9 Å². The highest BCUT2D eigenvalue weighted by atomic mass is 32.2. The first-order chi connectivity index (χ1) is 7.37. The van der Waals surface area contributed by atoms with E-state index in [-0.39, 0.29) is 0 Å². The molecule has 0 atom stereocenters. The minimum absolute atomic E-state index is 1.06. The third kappa shape index (κ3) is 10.4. The lowest BCUT2D eigenvalue weighted by molar-refractivity contribution is -0.137. The fourth-order valence-corrected chi connectivity index (χ4v) is 1.03. The Morgan fingerprint density at radius 1 is 1.06 bits per heavy atom. The zero-order valence-corrected chi connectivity index (χ0v) is 10.00. The Hall–Kier alpha value is -0.480. The van der Waals surface area contributed by atoms with Gasteiger partial charge in [0.1, 0.15) is 0 Å². The van der Waals surface area contributed by atoms with Crippen LogP contribution in [0, 0.1) is 0 Å². The van der Waals surface area contributed by atoms with Gasteiger partial charge in [-0.25, -0.2) is 0 Å². The van der Waals surface area contributed by atoms with Crippen LogP contribution < -0.4 is 5.32 Å². The SMILES string of the molecule is CNC.O=S(=O)(O)C(F)(F)CCCC(F)(F)F. The van der Waals surface area contributed by atoms with Crippen molar-refractivity contribution >= 4 is 10.1 Å². The van der Waals surface area contributed by atoms with Gasteiger partial charge in [-0.05, 0) is 20.5 Å². The molecule has 0 aliphatic carbocycles. The van der Waals surface area contributed by atoms with Crippen molar-refractivity contribution in [1.29, 1.82) is 0 Å². The molecule has 10 heteroatoms. The van der Waals surface area contributed by atoms with E-state index < -0.39 is 40.8 Å². The quantitative estimate of drug-likeness (QED) is 0.613. The number of rotatable bonds is 4. The Morgan fingerprint density at radius 2 is 1.41 bits per heavy atom. The zero-order chi connectivity index (χ0) is 14.3. The van der Waals surface area contributed by atoms with Gasteiger partial charge in [0, 0.05) is 12.8 Å². The number of alkyl halides is 5. The van der Waals surface area contributed by atoms with Gasteiger partial charge in [-0.3, -0.25) is 4.55 Å². The van der Waals surface area contributed by atoms with Crippen LogP contribution in [0.15, 0.2) is 0 Å². The van der Waals surface area contributed by atoms with Crippen molar-refractivity contribution in [2.75, 3.05) is 14.1 Å². The fraction of sp³-hybridized carbons (Fsp3) is 1.00. The summed E-state index contributed by atoms with van der Waals surface area (Å²) in [5, 5.41) is -1.77. The van der Waals surface area contributed by atoms with E-state index >= 15 is 0 Å². The molecule has 0 radical (unpaired) electrons. The van der Waals surface area contributed by atoms with Gasteiger partial charge in [-0.15, -0.1) is 0 Å². The normalized spacial score (nSPS) is 12.9. The zero-order valence-electron chi connectivity index (χ0n) is 9.18. The van der Waals surface area contributed by atoms with E-state index in [0.29, 0.717) is 0 Å². The summed E-state index contributed by atoms with van der Waals surface area (Å²) in [6.45, 7) is 0. The van der Waals surface area contributed by atoms with Gasteiger partial charge in [0.15, 0.2) is 0 Å². The molecule has 4 nitrogen and oxygen atoms in total. The van der Waals surface area contributed by atoms with Gasteiger partial charge >= 0.3 is 21.5 Å². The molecule has 0 heterocycles. The summed E-state index contributed by atoms with van der Waals surface area (Å²) < 4.78 is 86.8. The third-order valence-corrected chi connectivity index (χ3v) is 2.26. The van der Waals surface area contributed by atoms with Crippen LogP contribution in [0.3, 0.4) is 0 Å². The van der Waals surface area contributed by atoms with Crippen molar-refractivity contribution in [2.24, 2.45) is 0 Å². The van der Waals surface area contributed by atoms with Crippen molar-refractivity contribution in [3.63, 3.8) is 0 Å². The standard InChI is InChI=1S/C5H7F5O3S.C2H7N/c6-4(7,8)2-1-3-5(9,10)14(11,12)13;1-3-2/h1-3H2,(H,11,12,13);3H,1-2H3. The number of halogens is 5. The maximum atomic E-state index is 12.3. The maximum absolute atomic E-state index is 12.3. The maximum Gasteiger partial charge on any atom is 0.389 e. The number of hydrogen-bond donors (Lipinski definition) is 2. The predicted molar refractivity (Wildman–Crippen MR) is 51.4 cm³/mol. The Bertz CT molecular complexity index is 301. The molecule has 0 aromatic heterocycles. The first-order valence-corrected chi connectivity index (χ1v) is 5.81. The van der Waals surface area contributed by atoms with Gasteiger partial charge in [0.05, 0.1) is 0 Å². The van der Waals surface area contributed by atoms with Crippen LogP contribution in [0.4, 0.5) is 22.0 Å². The van der Waals surface area contributed by atoms with Crippen LogP contribution in [-0.2, 0) is 10.1 Å². The van der Waals surface area contributed by atoms with E-state index in [1.165, 1.54) is 0 Å². The molecule has 0 aromatic rings. The van der Waals surface area contributed by atoms with Gasteiger partial charge in [-0.2, -0.15) is 30.4 Å². The molecule has 0 unspecified atom stereocenters. The lowest BCUT2D eigenvalue weighted by Gasteiger charge is -2.12. The molecule has 0 bridgehead atoms. The van der Waals surface area contributed by atoms with Crippen LogP contribution in [0.5, 0.6) is 0 Å². The molecule has 106 valence electrons. The highest BCUT2D eigenvalue weighted by Crippen LogP contribution is 2.30.